The van der Waals surface area contributed by atoms with Crippen molar-refractivity contribution in [1.82, 2.24) is 10.2 Å². The fourth-order valence-corrected chi connectivity index (χ4v) is 2.75. The number of carbonyl (C=O) groups excluding carboxylic acids is 1. The van der Waals surface area contributed by atoms with Gasteiger partial charge in [0.05, 0.1) is 12.7 Å². The van der Waals surface area contributed by atoms with Gasteiger partial charge < -0.3 is 4.90 Å². The van der Waals surface area contributed by atoms with Crippen molar-refractivity contribution in [3.63, 3.8) is 0 Å². The van der Waals surface area contributed by atoms with E-state index in [1.807, 2.05) is 0 Å². The van der Waals surface area contributed by atoms with E-state index in [1.54, 1.807) is 0 Å². The molecule has 3 heteroatoms. The van der Waals surface area contributed by atoms with E-state index in [0.717, 1.165) is 13.1 Å². The molecule has 2 rings (SSSR count). The molecule has 1 atom stereocenters. The van der Waals surface area contributed by atoms with Crippen LogP contribution >= 0.6 is 0 Å². The molecule has 1 unspecified atom stereocenters. The molecule has 0 aromatic rings. The molecule has 1 saturated heterocycles. The van der Waals surface area contributed by atoms with Crippen LogP contribution in [-0.4, -0.2) is 29.6 Å². The van der Waals surface area contributed by atoms with Crippen LogP contribution in [0.4, 0.5) is 0 Å². The maximum absolute atomic E-state index is 12.1. The third-order valence-corrected chi connectivity index (χ3v) is 3.56. The highest BCUT2D eigenvalue weighted by Gasteiger charge is 2.36. The molecular weight excluding hydrogens is 188 g/mol. The van der Waals surface area contributed by atoms with Crippen LogP contribution in [0.5, 0.6) is 0 Å². The predicted octanol–water partition coefficient (Wildman–Crippen LogP) is 1.73. The predicted molar refractivity (Wildman–Crippen MR) is 60.3 cm³/mol. The second kappa shape index (κ2) is 4.52. The normalized spacial score (nSPS) is 28.3. The van der Waals surface area contributed by atoms with Crippen molar-refractivity contribution in [2.75, 3.05) is 6.67 Å². The molecule has 2 fully saturated rings. The summed E-state index contributed by atoms with van der Waals surface area (Å²) in [6, 6.07) is 0.618. The summed E-state index contributed by atoms with van der Waals surface area (Å²) in [5.74, 6) is 0.936. The van der Waals surface area contributed by atoms with Crippen molar-refractivity contribution in [2.45, 2.75) is 58.0 Å². The molecule has 0 aromatic heterocycles. The molecule has 1 heterocycles. The van der Waals surface area contributed by atoms with Crippen LogP contribution in [0.3, 0.4) is 0 Å². The highest BCUT2D eigenvalue weighted by Crippen LogP contribution is 2.26. The first-order valence-electron chi connectivity index (χ1n) is 6.22. The van der Waals surface area contributed by atoms with Gasteiger partial charge in [0.15, 0.2) is 0 Å². The molecule has 3 nitrogen and oxygen atoms in total. The van der Waals surface area contributed by atoms with Crippen LogP contribution in [0.1, 0.15) is 46.0 Å². The van der Waals surface area contributed by atoms with Gasteiger partial charge in [0.2, 0.25) is 5.91 Å². The number of hydrogen-bond acceptors (Lipinski definition) is 2. The Hall–Kier alpha value is -0.570. The second-order valence-corrected chi connectivity index (χ2v) is 5.29. The van der Waals surface area contributed by atoms with E-state index >= 15 is 0 Å². The number of hydrogen-bond donors (Lipinski definition) is 1. The third-order valence-electron chi connectivity index (χ3n) is 3.56. The van der Waals surface area contributed by atoms with Crippen molar-refractivity contribution < 1.29 is 4.79 Å². The van der Waals surface area contributed by atoms with Crippen molar-refractivity contribution in [3.05, 3.63) is 0 Å². The first-order valence-corrected chi connectivity index (χ1v) is 6.22. The summed E-state index contributed by atoms with van der Waals surface area (Å²) in [5.41, 5.74) is 0. The van der Waals surface area contributed by atoms with E-state index in [-0.39, 0.29) is 6.04 Å². The SMILES string of the molecule is CC(C)CC1NCN(C2CCCC2)C1=O. The molecule has 0 radical (unpaired) electrons. The van der Waals surface area contributed by atoms with Crippen LogP contribution in [-0.2, 0) is 4.79 Å². The Bertz CT molecular complexity index is 234. The smallest absolute Gasteiger partial charge is 0.241 e. The number of rotatable bonds is 3. The average molecular weight is 210 g/mol. The average Bonchev–Trinajstić information content (AvgIpc) is 2.76. The molecular formula is C12H22N2O. The van der Waals surface area contributed by atoms with Gasteiger partial charge in [-0.25, -0.2) is 0 Å². The van der Waals surface area contributed by atoms with Crippen molar-refractivity contribution in [2.24, 2.45) is 5.92 Å². The zero-order chi connectivity index (χ0) is 10.8. The summed E-state index contributed by atoms with van der Waals surface area (Å²) < 4.78 is 0. The monoisotopic (exact) mass is 210 g/mol. The van der Waals surface area contributed by atoms with Gasteiger partial charge in [-0.05, 0) is 25.2 Å². The lowest BCUT2D eigenvalue weighted by molar-refractivity contribution is -0.131. The minimum absolute atomic E-state index is 0.0885. The van der Waals surface area contributed by atoms with Gasteiger partial charge in [0.25, 0.3) is 0 Å². The fourth-order valence-electron chi connectivity index (χ4n) is 2.75. The molecule has 1 amide bonds. The first kappa shape index (κ1) is 10.9. The lowest BCUT2D eigenvalue weighted by atomic mass is 10.0. The lowest BCUT2D eigenvalue weighted by Gasteiger charge is -2.23. The summed E-state index contributed by atoms with van der Waals surface area (Å²) in [7, 11) is 0. The number of nitrogens with zero attached hydrogens (tertiary/aromatic N) is 1. The first-order chi connectivity index (χ1) is 7.18. The minimum Gasteiger partial charge on any atom is -0.326 e. The number of nitrogens with one attached hydrogen (secondary N) is 1. The van der Waals surface area contributed by atoms with Gasteiger partial charge in [0, 0.05) is 6.04 Å². The Morgan fingerprint density at radius 1 is 1.40 bits per heavy atom. The van der Waals surface area contributed by atoms with Gasteiger partial charge in [-0.15, -0.1) is 0 Å². The molecule has 0 aromatic carbocycles. The third kappa shape index (κ3) is 2.33. The van der Waals surface area contributed by atoms with E-state index in [0.29, 0.717) is 17.9 Å². The van der Waals surface area contributed by atoms with Gasteiger partial charge in [-0.3, -0.25) is 10.1 Å². The second-order valence-electron chi connectivity index (χ2n) is 5.29. The Balaban J connectivity index is 1.91. The van der Waals surface area contributed by atoms with Crippen LogP contribution in [0.15, 0.2) is 0 Å². The lowest BCUT2D eigenvalue weighted by Crippen LogP contribution is -2.37. The van der Waals surface area contributed by atoms with Gasteiger partial charge >= 0.3 is 0 Å². The molecule has 0 spiro atoms. The van der Waals surface area contributed by atoms with Gasteiger partial charge in [-0.1, -0.05) is 26.7 Å². The zero-order valence-electron chi connectivity index (χ0n) is 9.83. The molecule has 1 aliphatic heterocycles. The molecule has 1 N–H and O–H groups in total. The highest BCUT2D eigenvalue weighted by atomic mass is 16.2. The topological polar surface area (TPSA) is 32.3 Å². The van der Waals surface area contributed by atoms with Crippen molar-refractivity contribution in [1.29, 1.82) is 0 Å². The van der Waals surface area contributed by atoms with Crippen molar-refractivity contribution in [3.8, 4) is 0 Å². The van der Waals surface area contributed by atoms with E-state index in [4.69, 9.17) is 0 Å². The summed E-state index contributed by atoms with van der Waals surface area (Å²) in [6.07, 6.45) is 5.98. The van der Waals surface area contributed by atoms with E-state index in [9.17, 15) is 4.79 Å². The van der Waals surface area contributed by atoms with Gasteiger partial charge in [0.1, 0.15) is 0 Å². The summed E-state index contributed by atoms with van der Waals surface area (Å²) in [4.78, 5) is 14.2. The van der Waals surface area contributed by atoms with Crippen LogP contribution in [0.2, 0.25) is 0 Å². The molecule has 15 heavy (non-hydrogen) atoms. The maximum Gasteiger partial charge on any atom is 0.241 e. The largest absolute Gasteiger partial charge is 0.326 e. The van der Waals surface area contributed by atoms with Crippen LogP contribution < -0.4 is 5.32 Å². The Labute approximate surface area is 92.2 Å². The number of amides is 1. The summed E-state index contributed by atoms with van der Waals surface area (Å²) in [5, 5.41) is 3.34. The minimum atomic E-state index is 0.0885. The maximum atomic E-state index is 12.1. The van der Waals surface area contributed by atoms with E-state index in [2.05, 4.69) is 24.1 Å². The highest BCUT2D eigenvalue weighted by molar-refractivity contribution is 5.84. The Morgan fingerprint density at radius 2 is 2.07 bits per heavy atom. The molecule has 0 bridgehead atoms. The number of carbonyl (C=O) groups is 1. The fraction of sp³-hybridized carbons (Fsp3) is 0.917. The summed E-state index contributed by atoms with van der Waals surface area (Å²) in [6.45, 7) is 5.13. The van der Waals surface area contributed by atoms with Crippen molar-refractivity contribution >= 4 is 5.91 Å². The standard InChI is InChI=1S/C12H22N2O/c1-9(2)7-11-12(15)14(8-13-11)10-5-3-4-6-10/h9-11,13H,3-8H2,1-2H3. The molecule has 1 aliphatic carbocycles. The van der Waals surface area contributed by atoms with E-state index in [1.165, 1.54) is 25.7 Å². The molecule has 2 aliphatic rings. The Morgan fingerprint density at radius 3 is 2.67 bits per heavy atom. The summed E-state index contributed by atoms with van der Waals surface area (Å²) >= 11 is 0. The molecule has 86 valence electrons. The zero-order valence-corrected chi connectivity index (χ0v) is 9.83. The molecule has 1 saturated carbocycles. The Kier molecular flexibility index (Phi) is 3.29. The van der Waals surface area contributed by atoms with E-state index < -0.39 is 0 Å². The van der Waals surface area contributed by atoms with Crippen LogP contribution in [0.25, 0.3) is 0 Å². The van der Waals surface area contributed by atoms with Gasteiger partial charge in [-0.2, -0.15) is 0 Å². The van der Waals surface area contributed by atoms with Crippen LogP contribution in [0, 0.1) is 5.92 Å². The quantitative estimate of drug-likeness (QED) is 0.769.